The molecule has 1 unspecified atom stereocenters. The van der Waals surface area contributed by atoms with Crippen LogP contribution in [0.5, 0.6) is 0 Å². The van der Waals surface area contributed by atoms with Crippen molar-refractivity contribution in [2.45, 2.75) is 60.3 Å². The average Bonchev–Trinajstić information content (AvgIpc) is 3.82. The van der Waals surface area contributed by atoms with Gasteiger partial charge in [-0.25, -0.2) is 18.2 Å². The fourth-order valence-corrected chi connectivity index (χ4v) is 9.93. The Kier molecular flexibility index (Phi) is 8.94. The minimum absolute atomic E-state index is 0.0611. The van der Waals surface area contributed by atoms with Gasteiger partial charge in [0.05, 0.1) is 21.7 Å². The van der Waals surface area contributed by atoms with E-state index in [9.17, 15) is 13.2 Å². The van der Waals surface area contributed by atoms with Gasteiger partial charge in [-0.2, -0.15) is 0 Å². The number of carboxylic acid groups (broad SMARTS) is 1. The lowest BCUT2D eigenvalue weighted by atomic mass is 9.59. The molecule has 7 rings (SSSR count). The van der Waals surface area contributed by atoms with Crippen LogP contribution >= 0.6 is 0 Å². The van der Waals surface area contributed by atoms with Crippen LogP contribution in [0, 0.1) is 17.8 Å². The number of aromatic carboxylic acids is 1. The van der Waals surface area contributed by atoms with Crippen molar-refractivity contribution in [3.05, 3.63) is 109 Å². The van der Waals surface area contributed by atoms with Crippen LogP contribution in [-0.2, 0) is 21.8 Å². The van der Waals surface area contributed by atoms with E-state index in [0.717, 1.165) is 45.0 Å². The third-order valence-corrected chi connectivity index (χ3v) is 12.9. The van der Waals surface area contributed by atoms with E-state index < -0.39 is 15.8 Å². The Balaban J connectivity index is 0.966. The van der Waals surface area contributed by atoms with Gasteiger partial charge in [0.1, 0.15) is 0 Å². The largest absolute Gasteiger partial charge is 0.478 e. The summed E-state index contributed by atoms with van der Waals surface area (Å²) < 4.78 is 28.5. The minimum atomic E-state index is -3.72. The van der Waals surface area contributed by atoms with Crippen molar-refractivity contribution < 1.29 is 18.3 Å². The maximum atomic E-state index is 13.1. The maximum absolute atomic E-state index is 13.1. The number of nitrogens with zero attached hydrogens (tertiary/aromatic N) is 4. The lowest BCUT2D eigenvalue weighted by Crippen LogP contribution is -2.54. The van der Waals surface area contributed by atoms with E-state index in [-0.39, 0.29) is 20.8 Å². The second-order valence-corrected chi connectivity index (χ2v) is 15.7. The molecule has 246 valence electrons. The monoisotopic (exact) mass is 652 g/mol. The van der Waals surface area contributed by atoms with Crippen molar-refractivity contribution >= 4 is 21.5 Å². The Hall–Kier alpha value is -3.95. The Bertz CT molecular complexity index is 1740. The third-order valence-electron chi connectivity index (χ3n) is 11.1. The number of likely N-dealkylation sites (tertiary alicyclic amines) is 1. The van der Waals surface area contributed by atoms with Gasteiger partial charge in [-0.05, 0) is 105 Å². The molecular weight excluding hydrogens is 609 g/mol. The minimum Gasteiger partial charge on any atom is -0.478 e. The molecule has 2 saturated heterocycles. The topological polar surface area (TPSA) is 95.7 Å². The first-order valence-electron chi connectivity index (χ1n) is 17.0. The van der Waals surface area contributed by atoms with E-state index in [1.54, 1.807) is 12.1 Å². The number of rotatable bonds is 11. The molecule has 1 N–H and O–H groups in total. The highest BCUT2D eigenvalue weighted by molar-refractivity contribution is 7.91. The zero-order chi connectivity index (χ0) is 32.4. The smallest absolute Gasteiger partial charge is 0.335 e. The van der Waals surface area contributed by atoms with Crippen LogP contribution in [0.4, 0.5) is 5.69 Å². The molecule has 3 aliphatic rings. The lowest BCUT2D eigenvalue weighted by molar-refractivity contribution is 0.0646. The number of aromatic nitrogens is 2. The number of piperidine rings is 1. The van der Waals surface area contributed by atoms with Crippen molar-refractivity contribution in [1.82, 2.24) is 14.5 Å². The van der Waals surface area contributed by atoms with Crippen LogP contribution in [0.1, 0.15) is 54.4 Å². The van der Waals surface area contributed by atoms with Gasteiger partial charge in [0.15, 0.2) is 0 Å². The summed E-state index contributed by atoms with van der Waals surface area (Å²) in [5.74, 6) is 0.848. The number of carboxylic acids is 1. The van der Waals surface area contributed by atoms with Crippen molar-refractivity contribution in [1.29, 1.82) is 0 Å². The molecule has 47 heavy (non-hydrogen) atoms. The standard InChI is InChI=1S/C38H44N4O4S/c43-37(44)30-10-14-35(15-11-30)47(45,46)36-16-12-34(13-17-36)42-25-29(26-42)24-40-21-18-33(19-22-40)38(32-8-4-5-9-32,27-41-23-20-39-28-41)31-6-2-1-3-7-31/h1-3,6-7,10-17,20,23,28-29,32-33H,4-5,8-9,18-19,21-22,24-27H2,(H,43,44). The van der Waals surface area contributed by atoms with Crippen LogP contribution in [0.3, 0.4) is 0 Å². The molecule has 4 aromatic rings. The summed E-state index contributed by atoms with van der Waals surface area (Å²) in [7, 11) is -3.72. The van der Waals surface area contributed by atoms with Crippen molar-refractivity contribution in [3.8, 4) is 0 Å². The summed E-state index contributed by atoms with van der Waals surface area (Å²) in [4.78, 5) is 20.8. The molecule has 9 heteroatoms. The molecule has 0 spiro atoms. The van der Waals surface area contributed by atoms with E-state index in [4.69, 9.17) is 5.11 Å². The Labute approximate surface area is 278 Å². The number of sulfone groups is 1. The summed E-state index contributed by atoms with van der Waals surface area (Å²) >= 11 is 0. The van der Waals surface area contributed by atoms with Gasteiger partial charge < -0.3 is 19.5 Å². The predicted molar refractivity (Wildman–Crippen MR) is 182 cm³/mol. The highest BCUT2D eigenvalue weighted by Crippen LogP contribution is 2.51. The van der Waals surface area contributed by atoms with Crippen molar-refractivity contribution in [2.75, 3.05) is 37.6 Å². The van der Waals surface area contributed by atoms with Gasteiger partial charge in [0, 0.05) is 55.6 Å². The fraction of sp³-hybridized carbons (Fsp3) is 0.421. The Morgan fingerprint density at radius 2 is 1.45 bits per heavy atom. The molecule has 0 bridgehead atoms. The zero-order valence-electron chi connectivity index (χ0n) is 26.8. The second kappa shape index (κ2) is 13.3. The van der Waals surface area contributed by atoms with Gasteiger partial charge in [-0.15, -0.1) is 0 Å². The molecule has 3 heterocycles. The van der Waals surface area contributed by atoms with Gasteiger partial charge in [-0.3, -0.25) is 0 Å². The normalized spacial score (nSPS) is 19.8. The van der Waals surface area contributed by atoms with Crippen LogP contribution in [0.15, 0.2) is 107 Å². The zero-order valence-corrected chi connectivity index (χ0v) is 27.6. The molecule has 1 saturated carbocycles. The molecular formula is C38H44N4O4S. The van der Waals surface area contributed by atoms with Crippen LogP contribution < -0.4 is 4.90 Å². The SMILES string of the molecule is O=C(O)c1ccc(S(=O)(=O)c2ccc(N3CC(CN4CCC(C(Cn5ccnc5)(c5ccccc5)C5CCCC5)CC4)C3)cc2)cc1. The summed E-state index contributed by atoms with van der Waals surface area (Å²) in [5, 5.41) is 9.11. The van der Waals surface area contributed by atoms with E-state index in [1.807, 2.05) is 24.7 Å². The number of carbonyl (C=O) groups is 1. The van der Waals surface area contributed by atoms with Gasteiger partial charge in [0.25, 0.3) is 0 Å². The van der Waals surface area contributed by atoms with Crippen LogP contribution in [-0.4, -0.2) is 66.7 Å². The van der Waals surface area contributed by atoms with Crippen molar-refractivity contribution in [3.63, 3.8) is 0 Å². The Morgan fingerprint density at radius 3 is 2.04 bits per heavy atom. The molecule has 3 aromatic carbocycles. The number of hydrogen-bond acceptors (Lipinski definition) is 6. The highest BCUT2D eigenvalue weighted by Gasteiger charge is 2.48. The maximum Gasteiger partial charge on any atom is 0.335 e. The summed E-state index contributed by atoms with van der Waals surface area (Å²) in [6, 6.07) is 23.8. The van der Waals surface area contributed by atoms with E-state index in [1.165, 1.54) is 68.4 Å². The molecule has 8 nitrogen and oxygen atoms in total. The van der Waals surface area contributed by atoms with Gasteiger partial charge >= 0.3 is 5.97 Å². The van der Waals surface area contributed by atoms with Gasteiger partial charge in [0.2, 0.25) is 9.84 Å². The molecule has 0 amide bonds. The summed E-state index contributed by atoms with van der Waals surface area (Å²) in [6.07, 6.45) is 13.8. The predicted octanol–water partition coefficient (Wildman–Crippen LogP) is 6.39. The Morgan fingerprint density at radius 1 is 0.830 bits per heavy atom. The van der Waals surface area contributed by atoms with Gasteiger partial charge in [-0.1, -0.05) is 43.2 Å². The van der Waals surface area contributed by atoms with Crippen LogP contribution in [0.2, 0.25) is 0 Å². The number of anilines is 1. The van der Waals surface area contributed by atoms with E-state index in [0.29, 0.717) is 17.8 Å². The van der Waals surface area contributed by atoms with E-state index >= 15 is 0 Å². The first-order chi connectivity index (χ1) is 22.8. The lowest BCUT2D eigenvalue weighted by Gasteiger charge is -2.50. The molecule has 1 aliphatic carbocycles. The quantitative estimate of drug-likeness (QED) is 0.201. The number of hydrogen-bond donors (Lipinski definition) is 1. The number of imidazole rings is 1. The number of benzene rings is 3. The summed E-state index contributed by atoms with van der Waals surface area (Å²) in [6.45, 7) is 6.31. The molecule has 3 fully saturated rings. The average molecular weight is 653 g/mol. The molecule has 1 aromatic heterocycles. The molecule has 2 aliphatic heterocycles. The van der Waals surface area contributed by atoms with Crippen molar-refractivity contribution in [2.24, 2.45) is 17.8 Å². The first-order valence-corrected chi connectivity index (χ1v) is 18.5. The van der Waals surface area contributed by atoms with Crippen LogP contribution in [0.25, 0.3) is 0 Å². The summed E-state index contributed by atoms with van der Waals surface area (Å²) in [5.41, 5.74) is 2.72. The third kappa shape index (κ3) is 6.35. The van der Waals surface area contributed by atoms with E-state index in [2.05, 4.69) is 55.9 Å². The second-order valence-electron chi connectivity index (χ2n) is 13.8. The highest BCUT2D eigenvalue weighted by atomic mass is 32.2. The fourth-order valence-electron chi connectivity index (χ4n) is 8.67. The first kappa shape index (κ1) is 31.6. The molecule has 1 atom stereocenters. The molecule has 0 radical (unpaired) electrons.